The number of fused-ring (bicyclic) bond motifs is 1. The Labute approximate surface area is 125 Å². The normalized spacial score (nSPS) is 10.7. The smallest absolute Gasteiger partial charge is 0.309 e. The second kappa shape index (κ2) is 5.49. The molecular weight excluding hydrogens is 286 g/mol. The summed E-state index contributed by atoms with van der Waals surface area (Å²) in [5.74, 6) is -0.880. The minimum Gasteiger partial charge on any atom is -0.481 e. The van der Waals surface area contributed by atoms with Crippen molar-refractivity contribution in [3.05, 3.63) is 47.1 Å². The van der Waals surface area contributed by atoms with Crippen LogP contribution < -0.4 is 5.32 Å². The van der Waals surface area contributed by atoms with Gasteiger partial charge in [-0.25, -0.2) is 4.98 Å². The first-order valence-electron chi connectivity index (χ1n) is 6.41. The lowest BCUT2D eigenvalue weighted by atomic mass is 10.2. The summed E-state index contributed by atoms with van der Waals surface area (Å²) in [5.41, 5.74) is 3.25. The minimum absolute atomic E-state index is 0.0644. The molecule has 2 heterocycles. The van der Waals surface area contributed by atoms with Gasteiger partial charge in [-0.2, -0.15) is 0 Å². The summed E-state index contributed by atoms with van der Waals surface area (Å²) in [7, 11) is 0. The molecule has 2 aromatic heterocycles. The minimum atomic E-state index is -0.880. The summed E-state index contributed by atoms with van der Waals surface area (Å²) in [6, 6.07) is 9.90. The maximum absolute atomic E-state index is 10.7. The molecule has 106 valence electrons. The first-order chi connectivity index (χ1) is 10.1. The number of rotatable bonds is 4. The lowest BCUT2D eigenvalue weighted by molar-refractivity contribution is -0.136. The monoisotopic (exact) mass is 299 g/mol. The third-order valence-corrected chi connectivity index (χ3v) is 3.79. The zero-order chi connectivity index (χ0) is 14.8. The zero-order valence-corrected chi connectivity index (χ0v) is 12.1. The van der Waals surface area contributed by atoms with Crippen LogP contribution in [0.25, 0.3) is 10.9 Å². The molecular formula is C15H13N3O2S. The quantitative estimate of drug-likeness (QED) is 0.772. The number of nitrogens with zero attached hydrogens (tertiary/aromatic N) is 2. The van der Waals surface area contributed by atoms with Gasteiger partial charge in [-0.3, -0.25) is 9.78 Å². The fourth-order valence-corrected chi connectivity index (χ4v) is 2.78. The molecule has 3 aromatic rings. The average molecular weight is 299 g/mol. The molecule has 5 nitrogen and oxygen atoms in total. The maximum atomic E-state index is 10.7. The molecule has 0 aliphatic rings. The molecule has 0 bridgehead atoms. The fourth-order valence-electron chi connectivity index (χ4n) is 2.06. The number of pyridine rings is 1. The SMILES string of the molecule is Cc1ccc2cccc(Nc3nc(CC(=O)O)cs3)c2n1. The lowest BCUT2D eigenvalue weighted by Crippen LogP contribution is -2.00. The molecule has 21 heavy (non-hydrogen) atoms. The highest BCUT2D eigenvalue weighted by Crippen LogP contribution is 2.27. The van der Waals surface area contributed by atoms with Crippen molar-refractivity contribution in [1.29, 1.82) is 0 Å². The Morgan fingerprint density at radius 2 is 2.14 bits per heavy atom. The number of carboxylic acids is 1. The van der Waals surface area contributed by atoms with E-state index in [1.54, 1.807) is 5.38 Å². The largest absolute Gasteiger partial charge is 0.481 e. The Balaban J connectivity index is 1.92. The number of para-hydroxylation sites is 1. The Kier molecular flexibility index (Phi) is 3.53. The molecule has 0 radical (unpaired) electrons. The summed E-state index contributed by atoms with van der Waals surface area (Å²) in [6.07, 6.45) is -0.0644. The van der Waals surface area contributed by atoms with Crippen molar-refractivity contribution in [3.63, 3.8) is 0 Å². The predicted molar refractivity (Wildman–Crippen MR) is 83.2 cm³/mol. The van der Waals surface area contributed by atoms with Gasteiger partial charge in [0.15, 0.2) is 5.13 Å². The van der Waals surface area contributed by atoms with Crippen molar-refractivity contribution in [1.82, 2.24) is 9.97 Å². The second-order valence-electron chi connectivity index (χ2n) is 4.67. The van der Waals surface area contributed by atoms with Gasteiger partial charge in [-0.1, -0.05) is 18.2 Å². The summed E-state index contributed by atoms with van der Waals surface area (Å²) in [6.45, 7) is 1.95. The molecule has 6 heteroatoms. The van der Waals surface area contributed by atoms with Crippen molar-refractivity contribution in [3.8, 4) is 0 Å². The topological polar surface area (TPSA) is 75.1 Å². The molecule has 0 amide bonds. The van der Waals surface area contributed by atoms with Crippen molar-refractivity contribution < 1.29 is 9.90 Å². The number of hydrogen-bond acceptors (Lipinski definition) is 5. The molecule has 0 aliphatic carbocycles. The van der Waals surface area contributed by atoms with Crippen molar-refractivity contribution >= 4 is 39.0 Å². The van der Waals surface area contributed by atoms with E-state index in [1.165, 1.54) is 11.3 Å². The van der Waals surface area contributed by atoms with E-state index in [9.17, 15) is 4.79 Å². The van der Waals surface area contributed by atoms with Crippen LogP contribution in [0.4, 0.5) is 10.8 Å². The first-order valence-corrected chi connectivity index (χ1v) is 7.29. The van der Waals surface area contributed by atoms with Crippen molar-refractivity contribution in [2.24, 2.45) is 0 Å². The standard InChI is InChI=1S/C15H13N3O2S/c1-9-5-6-10-3-2-4-12(14(10)16-9)18-15-17-11(8-21-15)7-13(19)20/h2-6,8H,7H2,1H3,(H,17,18)(H,19,20). The van der Waals surface area contributed by atoms with Gasteiger partial charge in [0.1, 0.15) is 0 Å². The third-order valence-electron chi connectivity index (χ3n) is 2.99. The Bertz CT molecular complexity index is 814. The number of aromatic nitrogens is 2. The van der Waals surface area contributed by atoms with Gasteiger partial charge >= 0.3 is 5.97 Å². The van der Waals surface area contributed by atoms with Crippen LogP contribution in [0.1, 0.15) is 11.4 Å². The van der Waals surface area contributed by atoms with Crippen LogP contribution in [0.15, 0.2) is 35.7 Å². The Morgan fingerprint density at radius 1 is 1.29 bits per heavy atom. The molecule has 0 saturated heterocycles. The molecule has 2 N–H and O–H groups in total. The van der Waals surface area contributed by atoms with Gasteiger partial charge in [0.05, 0.1) is 23.3 Å². The van der Waals surface area contributed by atoms with E-state index in [4.69, 9.17) is 5.11 Å². The first kappa shape index (κ1) is 13.5. The van der Waals surface area contributed by atoms with Crippen LogP contribution in [0.5, 0.6) is 0 Å². The van der Waals surface area contributed by atoms with Gasteiger partial charge in [-0.05, 0) is 19.1 Å². The van der Waals surface area contributed by atoms with Crippen LogP contribution in [0.3, 0.4) is 0 Å². The van der Waals surface area contributed by atoms with E-state index < -0.39 is 5.97 Å². The lowest BCUT2D eigenvalue weighted by Gasteiger charge is -2.07. The van der Waals surface area contributed by atoms with Crippen LogP contribution in [-0.4, -0.2) is 21.0 Å². The van der Waals surface area contributed by atoms with Crippen molar-refractivity contribution in [2.75, 3.05) is 5.32 Å². The van der Waals surface area contributed by atoms with Crippen LogP contribution >= 0.6 is 11.3 Å². The van der Waals surface area contributed by atoms with E-state index in [1.807, 2.05) is 37.3 Å². The number of anilines is 2. The number of hydrogen-bond donors (Lipinski definition) is 2. The van der Waals surface area contributed by atoms with E-state index in [-0.39, 0.29) is 6.42 Å². The number of aliphatic carboxylic acids is 1. The molecule has 0 atom stereocenters. The van der Waals surface area contributed by atoms with Crippen LogP contribution in [0.2, 0.25) is 0 Å². The number of aryl methyl sites for hydroxylation is 1. The van der Waals surface area contributed by atoms with E-state index in [0.29, 0.717) is 10.8 Å². The average Bonchev–Trinajstić information content (AvgIpc) is 2.86. The highest BCUT2D eigenvalue weighted by atomic mass is 32.1. The van der Waals surface area contributed by atoms with E-state index in [0.717, 1.165) is 22.3 Å². The summed E-state index contributed by atoms with van der Waals surface area (Å²) in [4.78, 5) is 19.5. The summed E-state index contributed by atoms with van der Waals surface area (Å²) >= 11 is 1.39. The fraction of sp³-hybridized carbons (Fsp3) is 0.133. The Hall–Kier alpha value is -2.47. The molecule has 0 saturated carbocycles. The molecule has 0 aliphatic heterocycles. The maximum Gasteiger partial charge on any atom is 0.309 e. The van der Waals surface area contributed by atoms with E-state index in [2.05, 4.69) is 15.3 Å². The van der Waals surface area contributed by atoms with Gasteiger partial charge in [0.25, 0.3) is 0 Å². The van der Waals surface area contributed by atoms with Gasteiger partial charge < -0.3 is 10.4 Å². The molecule has 1 aromatic carbocycles. The summed E-state index contributed by atoms with van der Waals surface area (Å²) < 4.78 is 0. The second-order valence-corrected chi connectivity index (χ2v) is 5.53. The van der Waals surface area contributed by atoms with Gasteiger partial charge in [0.2, 0.25) is 0 Å². The number of nitrogens with one attached hydrogen (secondary N) is 1. The zero-order valence-electron chi connectivity index (χ0n) is 11.3. The number of thiazole rings is 1. The van der Waals surface area contributed by atoms with Gasteiger partial charge in [-0.15, -0.1) is 11.3 Å². The van der Waals surface area contributed by atoms with Crippen LogP contribution in [-0.2, 0) is 11.2 Å². The molecule has 0 spiro atoms. The Morgan fingerprint density at radius 3 is 2.95 bits per heavy atom. The number of benzene rings is 1. The number of carbonyl (C=O) groups is 1. The highest BCUT2D eigenvalue weighted by Gasteiger charge is 2.08. The third kappa shape index (κ3) is 3.00. The predicted octanol–water partition coefficient (Wildman–Crippen LogP) is 3.37. The van der Waals surface area contributed by atoms with Crippen molar-refractivity contribution in [2.45, 2.75) is 13.3 Å². The van der Waals surface area contributed by atoms with Crippen LogP contribution in [0, 0.1) is 6.92 Å². The molecule has 0 unspecified atom stereocenters. The molecule has 0 fully saturated rings. The highest BCUT2D eigenvalue weighted by molar-refractivity contribution is 7.13. The summed E-state index contributed by atoms with van der Waals surface area (Å²) in [5, 5.41) is 15.5. The van der Waals surface area contributed by atoms with Gasteiger partial charge in [0, 0.05) is 16.5 Å². The number of carboxylic acid groups (broad SMARTS) is 1. The van der Waals surface area contributed by atoms with E-state index >= 15 is 0 Å². The molecule has 3 rings (SSSR count).